The van der Waals surface area contributed by atoms with E-state index in [1.54, 1.807) is 30.5 Å². The van der Waals surface area contributed by atoms with Crippen LogP contribution in [0.2, 0.25) is 0 Å². The van der Waals surface area contributed by atoms with E-state index >= 15 is 8.78 Å². The van der Waals surface area contributed by atoms with Crippen molar-refractivity contribution in [2.24, 2.45) is 7.05 Å². The largest absolute Gasteiger partial charge is 0.496 e. The van der Waals surface area contributed by atoms with Gasteiger partial charge in [0.2, 0.25) is 0 Å². The number of anilines is 2. The van der Waals surface area contributed by atoms with Gasteiger partial charge in [0.1, 0.15) is 29.0 Å². The van der Waals surface area contributed by atoms with Crippen LogP contribution in [0.5, 0.6) is 5.75 Å². The number of amides is 2. The Morgan fingerprint density at radius 3 is 2.44 bits per heavy atom. The number of nitrogens with zero attached hydrogens (tertiary/aromatic N) is 7. The first-order valence-electron chi connectivity index (χ1n) is 14.5. The number of carboxylic acid groups (broad SMARTS) is 1. The number of rotatable bonds is 4. The summed E-state index contributed by atoms with van der Waals surface area (Å²) in [4.78, 5) is 49.2. The van der Waals surface area contributed by atoms with E-state index in [0.717, 1.165) is 0 Å². The van der Waals surface area contributed by atoms with E-state index in [1.165, 1.54) is 52.8 Å². The Morgan fingerprint density at radius 2 is 1.80 bits per heavy atom. The molecule has 0 radical (unpaired) electrons. The fourth-order valence-electron chi connectivity index (χ4n) is 6.46. The van der Waals surface area contributed by atoms with Gasteiger partial charge in [0.25, 0.3) is 11.5 Å². The highest BCUT2D eigenvalue weighted by Crippen LogP contribution is 2.44. The third-order valence-electron chi connectivity index (χ3n) is 8.81. The highest BCUT2D eigenvalue weighted by Gasteiger charge is 2.46. The summed E-state index contributed by atoms with van der Waals surface area (Å²) in [6.45, 7) is 7.24. The molecule has 0 aliphatic carbocycles. The standard InChI is InChI=1S/C31H33F2N7O5/c1-14(2)23-25(16(4)37(6)35-23)40-28-17(11-19(33)24(34-28)22-18(32)9-8-10-21(22)45-7)26-27(30(40)42)36(5)29(41)20-13-38(31(43)44)15(3)12-39(20)26/h8-11,14-15,20H,12-13H2,1-7H3,(H,43,44)/t15-,20-/m1/s1. The van der Waals surface area contributed by atoms with Gasteiger partial charge in [-0.3, -0.25) is 18.8 Å². The van der Waals surface area contributed by atoms with Crippen LogP contribution in [0.3, 0.4) is 0 Å². The predicted octanol–water partition coefficient (Wildman–Crippen LogP) is 4.04. The molecule has 0 saturated carbocycles. The first-order chi connectivity index (χ1) is 21.3. The summed E-state index contributed by atoms with van der Waals surface area (Å²) in [7, 11) is 4.52. The molecule has 236 valence electrons. The maximum Gasteiger partial charge on any atom is 0.407 e. The Labute approximate surface area is 257 Å². The lowest BCUT2D eigenvalue weighted by atomic mass is 9.98. The van der Waals surface area contributed by atoms with Crippen molar-refractivity contribution in [3.05, 3.63) is 57.6 Å². The van der Waals surface area contributed by atoms with E-state index in [4.69, 9.17) is 4.74 Å². The van der Waals surface area contributed by atoms with Gasteiger partial charge in [0, 0.05) is 32.1 Å². The van der Waals surface area contributed by atoms with Gasteiger partial charge in [-0.05, 0) is 38.0 Å². The highest BCUT2D eigenvalue weighted by molar-refractivity contribution is 6.11. The molecule has 6 rings (SSSR count). The normalized spacial score (nSPS) is 18.1. The number of benzene rings is 1. The summed E-state index contributed by atoms with van der Waals surface area (Å²) in [6.07, 6.45) is -1.17. The SMILES string of the molecule is COc1cccc(F)c1-c1nc2c(cc1F)c1c(c(=O)n2-c2c(C(C)C)nn(C)c2C)N(C)C(=O)[C@H]2CN(C(=O)O)[C@H](C)CN12. The molecule has 0 bridgehead atoms. The van der Waals surface area contributed by atoms with Crippen molar-refractivity contribution in [2.75, 3.05) is 37.0 Å². The molecule has 1 aromatic carbocycles. The lowest BCUT2D eigenvalue weighted by Crippen LogP contribution is -2.66. The number of likely N-dealkylation sites (N-methyl/N-ethyl adjacent to an activating group) is 1. The quantitative estimate of drug-likeness (QED) is 0.362. The van der Waals surface area contributed by atoms with Crippen LogP contribution in [0.15, 0.2) is 29.1 Å². The Morgan fingerprint density at radius 1 is 1.09 bits per heavy atom. The number of piperazine rings is 1. The van der Waals surface area contributed by atoms with Crippen LogP contribution in [0.4, 0.5) is 25.0 Å². The van der Waals surface area contributed by atoms with E-state index in [2.05, 4.69) is 10.1 Å². The summed E-state index contributed by atoms with van der Waals surface area (Å²) in [5.41, 5.74) is 0.692. The van der Waals surface area contributed by atoms with Crippen molar-refractivity contribution in [1.82, 2.24) is 24.2 Å². The maximum absolute atomic E-state index is 16.3. The Kier molecular flexibility index (Phi) is 7.05. The number of carbonyl (C=O) groups excluding carboxylic acids is 1. The summed E-state index contributed by atoms with van der Waals surface area (Å²) in [5, 5.41) is 14.6. The van der Waals surface area contributed by atoms with Gasteiger partial charge in [0.05, 0.1) is 42.0 Å². The molecule has 2 aliphatic heterocycles. The molecule has 1 fully saturated rings. The van der Waals surface area contributed by atoms with Crippen molar-refractivity contribution >= 4 is 34.4 Å². The Bertz CT molecular complexity index is 1970. The molecule has 2 amide bonds. The van der Waals surface area contributed by atoms with E-state index < -0.39 is 41.3 Å². The Hall–Kier alpha value is -5.01. The first kappa shape index (κ1) is 30.0. The molecule has 2 aliphatic rings. The molecule has 4 aromatic rings. The van der Waals surface area contributed by atoms with Crippen LogP contribution in [0.1, 0.15) is 38.1 Å². The molecular weight excluding hydrogens is 588 g/mol. The third kappa shape index (κ3) is 4.33. The molecule has 2 atom stereocenters. The third-order valence-corrected chi connectivity index (χ3v) is 8.81. The van der Waals surface area contributed by atoms with Gasteiger partial charge < -0.3 is 24.5 Å². The van der Waals surface area contributed by atoms with E-state index in [0.29, 0.717) is 17.1 Å². The molecule has 12 nitrogen and oxygen atoms in total. The van der Waals surface area contributed by atoms with Crippen LogP contribution in [-0.4, -0.2) is 80.7 Å². The number of fused-ring (bicyclic) bond motifs is 5. The number of pyridine rings is 2. The average molecular weight is 622 g/mol. The smallest absolute Gasteiger partial charge is 0.407 e. The summed E-state index contributed by atoms with van der Waals surface area (Å²) in [6, 6.07) is 3.76. The van der Waals surface area contributed by atoms with Crippen molar-refractivity contribution in [1.29, 1.82) is 0 Å². The summed E-state index contributed by atoms with van der Waals surface area (Å²) < 4.78 is 39.9. The monoisotopic (exact) mass is 621 g/mol. The number of carbonyl (C=O) groups is 2. The second kappa shape index (κ2) is 10.6. The zero-order valence-corrected chi connectivity index (χ0v) is 25.9. The number of halogens is 2. The molecule has 45 heavy (non-hydrogen) atoms. The van der Waals surface area contributed by atoms with E-state index in [1.807, 2.05) is 13.8 Å². The Balaban J connectivity index is 1.78. The fourth-order valence-corrected chi connectivity index (χ4v) is 6.46. The van der Waals surface area contributed by atoms with E-state index in [-0.39, 0.29) is 58.4 Å². The van der Waals surface area contributed by atoms with Gasteiger partial charge in [-0.2, -0.15) is 5.10 Å². The lowest BCUT2D eigenvalue weighted by Gasteiger charge is -2.49. The van der Waals surface area contributed by atoms with Gasteiger partial charge in [-0.1, -0.05) is 19.9 Å². The number of methoxy groups -OCH3 is 1. The van der Waals surface area contributed by atoms with E-state index in [9.17, 15) is 19.5 Å². The van der Waals surface area contributed by atoms with Gasteiger partial charge >= 0.3 is 6.09 Å². The molecule has 1 saturated heterocycles. The van der Waals surface area contributed by atoms with Crippen molar-refractivity contribution < 1.29 is 28.2 Å². The topological polar surface area (TPSA) is 126 Å². The number of ether oxygens (including phenoxy) is 1. The minimum Gasteiger partial charge on any atom is -0.496 e. The first-order valence-corrected chi connectivity index (χ1v) is 14.5. The molecular formula is C31H33F2N7O5. The van der Waals surface area contributed by atoms with Gasteiger partial charge in [0.15, 0.2) is 11.5 Å². The number of hydrogen-bond donors (Lipinski definition) is 1. The minimum absolute atomic E-state index is 0.00453. The molecule has 14 heteroatoms. The van der Waals surface area contributed by atoms with Crippen LogP contribution in [-0.2, 0) is 11.8 Å². The fraction of sp³-hybridized carbons (Fsp3) is 0.387. The number of aryl methyl sites for hydroxylation is 1. The number of hydrogen-bond acceptors (Lipinski definition) is 7. The lowest BCUT2D eigenvalue weighted by molar-refractivity contribution is -0.120. The second-order valence-corrected chi connectivity index (χ2v) is 11.8. The van der Waals surface area contributed by atoms with Gasteiger partial charge in [-0.25, -0.2) is 18.6 Å². The van der Waals surface area contributed by atoms with Crippen LogP contribution >= 0.6 is 0 Å². The molecule has 3 aromatic heterocycles. The number of aromatic nitrogens is 4. The molecule has 5 heterocycles. The molecule has 0 unspecified atom stereocenters. The maximum atomic E-state index is 16.3. The second-order valence-electron chi connectivity index (χ2n) is 11.8. The van der Waals surface area contributed by atoms with Gasteiger partial charge in [-0.15, -0.1) is 0 Å². The molecule has 0 spiro atoms. The van der Waals surface area contributed by atoms with Crippen molar-refractivity contribution in [3.63, 3.8) is 0 Å². The van der Waals surface area contributed by atoms with Crippen LogP contribution in [0, 0.1) is 18.6 Å². The zero-order valence-electron chi connectivity index (χ0n) is 25.9. The average Bonchev–Trinajstić information content (AvgIpc) is 3.28. The van der Waals surface area contributed by atoms with Crippen LogP contribution in [0.25, 0.3) is 28.0 Å². The van der Waals surface area contributed by atoms with Crippen molar-refractivity contribution in [2.45, 2.75) is 45.7 Å². The summed E-state index contributed by atoms with van der Waals surface area (Å²) in [5.74, 6) is -2.21. The van der Waals surface area contributed by atoms with Crippen molar-refractivity contribution in [3.8, 4) is 22.7 Å². The highest BCUT2D eigenvalue weighted by atomic mass is 19.1. The van der Waals surface area contributed by atoms with Crippen LogP contribution < -0.4 is 20.1 Å². The summed E-state index contributed by atoms with van der Waals surface area (Å²) >= 11 is 0. The predicted molar refractivity (Wildman–Crippen MR) is 164 cm³/mol. The minimum atomic E-state index is -1.17. The molecule has 1 N–H and O–H groups in total. The zero-order chi connectivity index (χ0) is 32.6.